The maximum absolute atomic E-state index is 11.4. The van der Waals surface area contributed by atoms with Gasteiger partial charge in [0.05, 0.1) is 6.54 Å². The van der Waals surface area contributed by atoms with Crippen molar-refractivity contribution in [1.29, 1.82) is 0 Å². The quantitative estimate of drug-likeness (QED) is 0.654. The Kier molecular flexibility index (Phi) is 4.06. The Labute approximate surface area is 59.2 Å². The lowest BCUT2D eigenvalue weighted by Crippen LogP contribution is -2.22. The van der Waals surface area contributed by atoms with Crippen LogP contribution < -0.4 is 5.32 Å². The van der Waals surface area contributed by atoms with Crippen molar-refractivity contribution >= 4 is 12.4 Å². The molecule has 0 atom stereocenters. The third-order valence-corrected chi connectivity index (χ3v) is 1.14. The fraction of sp³-hybridized carbons (Fsp3) is 1.00. The topological polar surface area (TPSA) is 12.0 Å². The van der Waals surface area contributed by atoms with E-state index in [1.54, 1.807) is 0 Å². The molecule has 0 heterocycles. The lowest BCUT2D eigenvalue weighted by atomic mass is 10.6. The van der Waals surface area contributed by atoms with Gasteiger partial charge in [-0.2, -0.15) is 0 Å². The maximum Gasteiger partial charge on any atom is 0.250 e. The van der Waals surface area contributed by atoms with Crippen LogP contribution in [0.15, 0.2) is 0 Å². The molecule has 1 aliphatic rings. The molecule has 0 saturated heterocycles. The lowest BCUT2D eigenvalue weighted by Gasteiger charge is -1.97. The van der Waals surface area contributed by atoms with Gasteiger partial charge in [0.1, 0.15) is 0 Å². The first kappa shape index (κ1) is 9.11. The number of hydrogen-bond acceptors (Lipinski definition) is 1. The number of nitrogens with one attached hydrogen (secondary N) is 1. The second kappa shape index (κ2) is 4.01. The monoisotopic (exact) mass is 157 g/mol. The van der Waals surface area contributed by atoms with E-state index in [1.807, 2.05) is 0 Å². The largest absolute Gasteiger partial charge is 0.309 e. The lowest BCUT2D eigenvalue weighted by molar-refractivity contribution is 0.145. The summed E-state index contributed by atoms with van der Waals surface area (Å²) in [5.74, 6) is 0. The van der Waals surface area contributed by atoms with E-state index in [9.17, 15) is 8.78 Å². The molecule has 0 aromatic rings. The molecule has 0 aliphatic heterocycles. The van der Waals surface area contributed by atoms with Crippen LogP contribution in [0.25, 0.3) is 0 Å². The normalized spacial score (nSPS) is 17.7. The van der Waals surface area contributed by atoms with Crippen molar-refractivity contribution in [1.82, 2.24) is 5.32 Å². The molecule has 1 aliphatic carbocycles. The Morgan fingerprint density at radius 1 is 1.44 bits per heavy atom. The molecule has 1 saturated carbocycles. The van der Waals surface area contributed by atoms with Crippen molar-refractivity contribution in [3.05, 3.63) is 0 Å². The maximum atomic E-state index is 11.4. The van der Waals surface area contributed by atoms with Gasteiger partial charge in [-0.15, -0.1) is 12.4 Å². The van der Waals surface area contributed by atoms with Gasteiger partial charge in [0.2, 0.25) is 0 Å². The Morgan fingerprint density at radius 2 is 2.00 bits per heavy atom. The first-order valence-electron chi connectivity index (χ1n) is 2.80. The van der Waals surface area contributed by atoms with Crippen molar-refractivity contribution in [2.75, 3.05) is 6.54 Å². The van der Waals surface area contributed by atoms with Crippen LogP contribution >= 0.6 is 12.4 Å². The molecule has 0 spiro atoms. The molecule has 0 bridgehead atoms. The second-order valence-electron chi connectivity index (χ2n) is 2.07. The van der Waals surface area contributed by atoms with Crippen molar-refractivity contribution in [3.8, 4) is 0 Å². The Balaban J connectivity index is 0.000000640. The van der Waals surface area contributed by atoms with E-state index in [2.05, 4.69) is 5.32 Å². The fourth-order valence-electron chi connectivity index (χ4n) is 0.543. The average Bonchev–Trinajstić information content (AvgIpc) is 2.41. The Bertz CT molecular complexity index is 73.4. The minimum Gasteiger partial charge on any atom is -0.309 e. The highest BCUT2D eigenvalue weighted by Crippen LogP contribution is 2.18. The zero-order valence-electron chi connectivity index (χ0n) is 4.94. The van der Waals surface area contributed by atoms with Gasteiger partial charge in [0.25, 0.3) is 6.43 Å². The number of rotatable bonds is 3. The van der Waals surface area contributed by atoms with Gasteiger partial charge in [-0.25, -0.2) is 8.78 Å². The van der Waals surface area contributed by atoms with Gasteiger partial charge in [-0.3, -0.25) is 0 Å². The average molecular weight is 158 g/mol. The van der Waals surface area contributed by atoms with Crippen molar-refractivity contribution in [2.45, 2.75) is 25.3 Å². The van der Waals surface area contributed by atoms with Gasteiger partial charge in [0.15, 0.2) is 0 Å². The fourth-order valence-corrected chi connectivity index (χ4v) is 0.543. The summed E-state index contributed by atoms with van der Waals surface area (Å²) in [6.07, 6.45) is -0.0324. The second-order valence-corrected chi connectivity index (χ2v) is 2.07. The predicted molar refractivity (Wildman–Crippen MR) is 34.3 cm³/mol. The van der Waals surface area contributed by atoms with Crippen molar-refractivity contribution < 1.29 is 8.78 Å². The smallest absolute Gasteiger partial charge is 0.250 e. The van der Waals surface area contributed by atoms with Crippen LogP contribution in [0.5, 0.6) is 0 Å². The van der Waals surface area contributed by atoms with E-state index in [4.69, 9.17) is 0 Å². The summed E-state index contributed by atoms with van der Waals surface area (Å²) < 4.78 is 22.7. The molecule has 56 valence electrons. The molecule has 1 nitrogen and oxygen atoms in total. The van der Waals surface area contributed by atoms with Crippen LogP contribution in [0.3, 0.4) is 0 Å². The molecule has 1 fully saturated rings. The highest BCUT2D eigenvalue weighted by Gasteiger charge is 2.21. The highest BCUT2D eigenvalue weighted by molar-refractivity contribution is 5.85. The molecule has 1 N–H and O–H groups in total. The van der Waals surface area contributed by atoms with Crippen LogP contribution in [-0.2, 0) is 0 Å². The van der Waals surface area contributed by atoms with Gasteiger partial charge in [-0.1, -0.05) is 0 Å². The van der Waals surface area contributed by atoms with E-state index >= 15 is 0 Å². The molecule has 4 heteroatoms. The first-order chi connectivity index (χ1) is 3.79. The molecule has 0 amide bonds. The van der Waals surface area contributed by atoms with Gasteiger partial charge >= 0.3 is 0 Å². The van der Waals surface area contributed by atoms with Gasteiger partial charge in [-0.05, 0) is 12.8 Å². The molecule has 9 heavy (non-hydrogen) atoms. The standard InChI is InChI=1S/C5H9F2N.ClH/c6-5(7)3-8-4-1-2-4;/h4-5,8H,1-3H2;1H. The summed E-state index contributed by atoms with van der Waals surface area (Å²) in [4.78, 5) is 0. The molecule has 0 aromatic heterocycles. The van der Waals surface area contributed by atoms with Crippen LogP contribution in [0.4, 0.5) is 8.78 Å². The molecule has 0 aromatic carbocycles. The summed E-state index contributed by atoms with van der Waals surface area (Å²) in [5, 5.41) is 2.71. The summed E-state index contributed by atoms with van der Waals surface area (Å²) in [6, 6.07) is 0.406. The van der Waals surface area contributed by atoms with E-state index in [1.165, 1.54) is 0 Å². The summed E-state index contributed by atoms with van der Waals surface area (Å²) in [6.45, 7) is -0.134. The molecular formula is C5H10ClF2N. The van der Waals surface area contributed by atoms with Crippen molar-refractivity contribution in [2.24, 2.45) is 0 Å². The predicted octanol–water partition coefficient (Wildman–Crippen LogP) is 1.43. The summed E-state index contributed by atoms with van der Waals surface area (Å²) in [7, 11) is 0. The minimum absolute atomic E-state index is 0. The van der Waals surface area contributed by atoms with Gasteiger partial charge < -0.3 is 5.32 Å². The van der Waals surface area contributed by atoms with E-state index < -0.39 is 6.43 Å². The van der Waals surface area contributed by atoms with Crippen LogP contribution in [-0.4, -0.2) is 19.0 Å². The van der Waals surface area contributed by atoms with Crippen molar-refractivity contribution in [3.63, 3.8) is 0 Å². The third kappa shape index (κ3) is 4.60. The molecule has 0 unspecified atom stereocenters. The van der Waals surface area contributed by atoms with E-state index in [0.29, 0.717) is 6.04 Å². The SMILES string of the molecule is Cl.FC(F)CNC1CC1. The molecule has 1 rings (SSSR count). The minimum atomic E-state index is -2.18. The first-order valence-corrected chi connectivity index (χ1v) is 2.80. The summed E-state index contributed by atoms with van der Waals surface area (Å²) in [5.41, 5.74) is 0. The van der Waals surface area contributed by atoms with E-state index in [0.717, 1.165) is 12.8 Å². The Morgan fingerprint density at radius 3 is 2.33 bits per heavy atom. The van der Waals surface area contributed by atoms with Gasteiger partial charge in [0, 0.05) is 6.04 Å². The number of alkyl halides is 2. The molecule has 0 radical (unpaired) electrons. The zero-order chi connectivity index (χ0) is 5.98. The van der Waals surface area contributed by atoms with Crippen LogP contribution in [0.2, 0.25) is 0 Å². The Hall–Kier alpha value is 0.110. The zero-order valence-corrected chi connectivity index (χ0v) is 5.76. The third-order valence-electron chi connectivity index (χ3n) is 1.14. The number of halogens is 3. The van der Waals surface area contributed by atoms with Crippen LogP contribution in [0, 0.1) is 0 Å². The highest BCUT2D eigenvalue weighted by atomic mass is 35.5. The molecular weight excluding hydrogens is 148 g/mol. The summed E-state index contributed by atoms with van der Waals surface area (Å²) >= 11 is 0. The number of hydrogen-bond donors (Lipinski definition) is 1. The van der Waals surface area contributed by atoms with E-state index in [-0.39, 0.29) is 19.0 Å². The van der Waals surface area contributed by atoms with Crippen LogP contribution in [0.1, 0.15) is 12.8 Å².